The van der Waals surface area contributed by atoms with Gasteiger partial charge in [0.05, 0.1) is 0 Å². The van der Waals surface area contributed by atoms with Gasteiger partial charge in [-0.15, -0.1) is 0 Å². The summed E-state index contributed by atoms with van der Waals surface area (Å²) in [5.41, 5.74) is 1.43. The van der Waals surface area contributed by atoms with Gasteiger partial charge in [-0.1, -0.05) is 32.0 Å². The molecule has 0 radical (unpaired) electrons. The molecule has 0 N–H and O–H groups in total. The van der Waals surface area contributed by atoms with Crippen LogP contribution in [-0.2, 0) is 0 Å². The van der Waals surface area contributed by atoms with Gasteiger partial charge < -0.3 is 0 Å². The van der Waals surface area contributed by atoms with Crippen LogP contribution in [0.5, 0.6) is 0 Å². The maximum Gasteiger partial charge on any atom is 0.129 e. The molecule has 0 unspecified atom stereocenters. The van der Waals surface area contributed by atoms with Gasteiger partial charge >= 0.3 is 0 Å². The molecular formula is C16H19F3. The number of hydrogen-bond acceptors (Lipinski definition) is 0. The molecule has 0 nitrogen and oxygen atoms in total. The highest BCUT2D eigenvalue weighted by Crippen LogP contribution is 2.06. The van der Waals surface area contributed by atoms with Crippen LogP contribution in [0.4, 0.5) is 13.2 Å². The molecule has 0 amide bonds. The minimum absolute atomic E-state index is 0.162. The van der Waals surface area contributed by atoms with E-state index in [1.165, 1.54) is 24.3 Å². The van der Waals surface area contributed by atoms with Crippen molar-refractivity contribution in [3.05, 3.63) is 71.0 Å². The van der Waals surface area contributed by atoms with Crippen molar-refractivity contribution in [1.82, 2.24) is 0 Å². The molecule has 2 aromatic rings. The second-order valence-electron chi connectivity index (χ2n) is 3.69. The Bertz CT molecular complexity index is 476. The SMILES string of the molecule is CC.Cc1ccc(F)cc1F.Cc1cccc(F)c1. The zero-order valence-electron chi connectivity index (χ0n) is 11.7. The number of halogens is 3. The monoisotopic (exact) mass is 268 g/mol. The van der Waals surface area contributed by atoms with Crippen LogP contribution in [-0.4, -0.2) is 0 Å². The van der Waals surface area contributed by atoms with Gasteiger partial charge in [-0.3, -0.25) is 0 Å². The molecule has 0 bridgehead atoms. The van der Waals surface area contributed by atoms with E-state index in [4.69, 9.17) is 0 Å². The van der Waals surface area contributed by atoms with Crippen LogP contribution in [0.3, 0.4) is 0 Å². The topological polar surface area (TPSA) is 0 Å². The molecule has 0 saturated heterocycles. The fourth-order valence-corrected chi connectivity index (χ4v) is 1.17. The summed E-state index contributed by atoms with van der Waals surface area (Å²) in [6.45, 7) is 7.46. The van der Waals surface area contributed by atoms with E-state index in [1.54, 1.807) is 13.0 Å². The van der Waals surface area contributed by atoms with E-state index >= 15 is 0 Å². The van der Waals surface area contributed by atoms with Crippen molar-refractivity contribution < 1.29 is 13.2 Å². The van der Waals surface area contributed by atoms with Crippen LogP contribution in [0, 0.1) is 31.3 Å². The molecule has 0 saturated carbocycles. The molecule has 0 aromatic heterocycles. The van der Waals surface area contributed by atoms with Crippen LogP contribution < -0.4 is 0 Å². The van der Waals surface area contributed by atoms with E-state index in [1.807, 2.05) is 26.8 Å². The summed E-state index contributed by atoms with van der Waals surface area (Å²) in [5.74, 6) is -1.18. The second-order valence-corrected chi connectivity index (χ2v) is 3.69. The van der Waals surface area contributed by atoms with Gasteiger partial charge in [0.15, 0.2) is 0 Å². The molecule has 0 atom stereocenters. The fourth-order valence-electron chi connectivity index (χ4n) is 1.17. The Morgan fingerprint density at radius 2 is 1.32 bits per heavy atom. The average Bonchev–Trinajstić information content (AvgIpc) is 2.37. The van der Waals surface area contributed by atoms with Crippen molar-refractivity contribution >= 4 is 0 Å². The quantitative estimate of drug-likeness (QED) is 0.597. The van der Waals surface area contributed by atoms with Crippen LogP contribution >= 0.6 is 0 Å². The highest BCUT2D eigenvalue weighted by Gasteiger charge is 1.95. The Balaban J connectivity index is 0.000000303. The summed E-state index contributed by atoms with van der Waals surface area (Å²) >= 11 is 0. The van der Waals surface area contributed by atoms with Crippen LogP contribution in [0.15, 0.2) is 42.5 Å². The maximum atomic E-state index is 12.3. The predicted octanol–water partition coefficient (Wildman–Crippen LogP) is 5.43. The van der Waals surface area contributed by atoms with Gasteiger partial charge in [0, 0.05) is 6.07 Å². The first-order valence-electron chi connectivity index (χ1n) is 6.13. The fraction of sp³-hybridized carbons (Fsp3) is 0.250. The first kappa shape index (κ1) is 17.2. The normalized spacial score (nSPS) is 8.79. The van der Waals surface area contributed by atoms with Gasteiger partial charge in [0.1, 0.15) is 17.5 Å². The minimum atomic E-state index is -0.530. The van der Waals surface area contributed by atoms with Gasteiger partial charge in [-0.25, -0.2) is 13.2 Å². The molecule has 2 aromatic carbocycles. The van der Waals surface area contributed by atoms with E-state index < -0.39 is 11.6 Å². The Kier molecular flexibility index (Phi) is 8.34. The van der Waals surface area contributed by atoms with Crippen LogP contribution in [0.1, 0.15) is 25.0 Å². The lowest BCUT2D eigenvalue weighted by Crippen LogP contribution is -1.81. The van der Waals surface area contributed by atoms with Crippen molar-refractivity contribution in [3.63, 3.8) is 0 Å². The van der Waals surface area contributed by atoms with Gasteiger partial charge in [-0.2, -0.15) is 0 Å². The summed E-state index contributed by atoms with van der Waals surface area (Å²) in [5, 5.41) is 0. The van der Waals surface area contributed by atoms with E-state index in [2.05, 4.69) is 0 Å². The molecule has 19 heavy (non-hydrogen) atoms. The molecule has 0 aliphatic heterocycles. The highest BCUT2D eigenvalue weighted by molar-refractivity contribution is 5.16. The van der Waals surface area contributed by atoms with Gasteiger partial charge in [-0.05, 0) is 43.2 Å². The molecular weight excluding hydrogens is 249 g/mol. The number of benzene rings is 2. The third-order valence-electron chi connectivity index (χ3n) is 2.11. The molecule has 0 heterocycles. The van der Waals surface area contributed by atoms with E-state index in [9.17, 15) is 13.2 Å². The van der Waals surface area contributed by atoms with Crippen molar-refractivity contribution in [2.24, 2.45) is 0 Å². The molecule has 0 aliphatic rings. The van der Waals surface area contributed by atoms with E-state index in [0.29, 0.717) is 5.56 Å². The third kappa shape index (κ3) is 7.29. The minimum Gasteiger partial charge on any atom is -0.207 e. The molecule has 0 aliphatic carbocycles. The van der Waals surface area contributed by atoms with E-state index in [0.717, 1.165) is 11.6 Å². The first-order chi connectivity index (χ1) is 8.99. The summed E-state index contributed by atoms with van der Waals surface area (Å²) in [6.07, 6.45) is 0. The summed E-state index contributed by atoms with van der Waals surface area (Å²) < 4.78 is 36.6. The van der Waals surface area contributed by atoms with Gasteiger partial charge in [0.2, 0.25) is 0 Å². The third-order valence-corrected chi connectivity index (χ3v) is 2.11. The first-order valence-corrected chi connectivity index (χ1v) is 6.13. The number of aryl methyl sites for hydroxylation is 2. The lowest BCUT2D eigenvalue weighted by Gasteiger charge is -1.92. The number of hydrogen-bond donors (Lipinski definition) is 0. The molecule has 2 rings (SSSR count). The number of rotatable bonds is 0. The molecule has 3 heteroatoms. The summed E-state index contributed by atoms with van der Waals surface area (Å²) in [4.78, 5) is 0. The predicted molar refractivity (Wildman–Crippen MR) is 73.6 cm³/mol. The highest BCUT2D eigenvalue weighted by atomic mass is 19.1. The molecule has 0 fully saturated rings. The van der Waals surface area contributed by atoms with Crippen molar-refractivity contribution in [2.75, 3.05) is 0 Å². The molecule has 0 spiro atoms. The largest absolute Gasteiger partial charge is 0.207 e. The standard InChI is InChI=1S/C7H6F2.C7H7F.C2H6/c1-5-2-3-6(8)4-7(5)9;1-6-3-2-4-7(8)5-6;1-2/h2-4H,1H3;2-5H,1H3;1-2H3. The smallest absolute Gasteiger partial charge is 0.129 e. The van der Waals surface area contributed by atoms with Crippen molar-refractivity contribution in [1.29, 1.82) is 0 Å². The zero-order valence-corrected chi connectivity index (χ0v) is 11.7. The lowest BCUT2D eigenvalue weighted by atomic mass is 10.2. The van der Waals surface area contributed by atoms with Crippen LogP contribution in [0.25, 0.3) is 0 Å². The average molecular weight is 268 g/mol. The lowest BCUT2D eigenvalue weighted by molar-refractivity contribution is 0.577. The Morgan fingerprint density at radius 3 is 1.68 bits per heavy atom. The second kappa shape index (κ2) is 9.20. The molecule has 104 valence electrons. The Hall–Kier alpha value is -1.77. The summed E-state index contributed by atoms with van der Waals surface area (Å²) in [6, 6.07) is 10.0. The van der Waals surface area contributed by atoms with Gasteiger partial charge in [0.25, 0.3) is 0 Å². The zero-order chi connectivity index (χ0) is 14.8. The van der Waals surface area contributed by atoms with Crippen molar-refractivity contribution in [2.45, 2.75) is 27.7 Å². The Morgan fingerprint density at radius 1 is 0.737 bits per heavy atom. The Labute approximate surface area is 112 Å². The summed E-state index contributed by atoms with van der Waals surface area (Å²) in [7, 11) is 0. The van der Waals surface area contributed by atoms with Crippen LogP contribution in [0.2, 0.25) is 0 Å². The van der Waals surface area contributed by atoms with E-state index in [-0.39, 0.29) is 5.82 Å². The van der Waals surface area contributed by atoms with Crippen molar-refractivity contribution in [3.8, 4) is 0 Å². The maximum absolute atomic E-state index is 12.3.